The molecule has 0 radical (unpaired) electrons. The smallest absolute Gasteiger partial charge is 0.0322 e. The molecule has 1 aromatic carbocycles. The highest BCUT2D eigenvalue weighted by Gasteiger charge is 2.24. The van der Waals surface area contributed by atoms with Crippen LogP contribution in [0.5, 0.6) is 0 Å². The summed E-state index contributed by atoms with van der Waals surface area (Å²) in [6.07, 6.45) is 1.21. The van der Waals surface area contributed by atoms with Crippen molar-refractivity contribution in [3.05, 3.63) is 34.9 Å². The summed E-state index contributed by atoms with van der Waals surface area (Å²) in [5.74, 6) is 0. The van der Waals surface area contributed by atoms with Gasteiger partial charge in [-0.2, -0.15) is 0 Å². The zero-order valence-electron chi connectivity index (χ0n) is 11.9. The lowest BCUT2D eigenvalue weighted by Gasteiger charge is -2.35. The lowest BCUT2D eigenvalue weighted by Crippen LogP contribution is -2.34. The SMILES string of the molecule is CCN1CCc2ccc(C(C)(C)C)cc2C1C. The van der Waals surface area contributed by atoms with E-state index < -0.39 is 0 Å². The molecule has 1 atom stereocenters. The van der Waals surface area contributed by atoms with E-state index >= 15 is 0 Å². The minimum absolute atomic E-state index is 0.253. The monoisotopic (exact) mass is 231 g/mol. The van der Waals surface area contributed by atoms with Crippen LogP contribution in [0.2, 0.25) is 0 Å². The summed E-state index contributed by atoms with van der Waals surface area (Å²) >= 11 is 0. The molecule has 1 aliphatic rings. The molecule has 0 aromatic heterocycles. The molecule has 1 unspecified atom stereocenters. The van der Waals surface area contributed by atoms with Crippen molar-refractivity contribution in [1.82, 2.24) is 4.90 Å². The highest BCUT2D eigenvalue weighted by Crippen LogP contribution is 2.33. The second kappa shape index (κ2) is 4.45. The molecule has 2 rings (SSSR count). The van der Waals surface area contributed by atoms with Crippen molar-refractivity contribution in [3.63, 3.8) is 0 Å². The van der Waals surface area contributed by atoms with Gasteiger partial charge in [0.15, 0.2) is 0 Å². The van der Waals surface area contributed by atoms with E-state index in [4.69, 9.17) is 0 Å². The number of hydrogen-bond donors (Lipinski definition) is 0. The first-order valence-corrected chi connectivity index (χ1v) is 6.81. The van der Waals surface area contributed by atoms with Gasteiger partial charge < -0.3 is 0 Å². The van der Waals surface area contributed by atoms with Crippen LogP contribution in [0.15, 0.2) is 18.2 Å². The molecule has 1 aliphatic heterocycles. The first-order chi connectivity index (χ1) is 7.93. The van der Waals surface area contributed by atoms with Gasteiger partial charge in [0.05, 0.1) is 0 Å². The van der Waals surface area contributed by atoms with Crippen LogP contribution < -0.4 is 0 Å². The fourth-order valence-corrected chi connectivity index (χ4v) is 2.76. The van der Waals surface area contributed by atoms with Gasteiger partial charge in [0.2, 0.25) is 0 Å². The second-order valence-corrected chi connectivity index (χ2v) is 6.22. The van der Waals surface area contributed by atoms with Gasteiger partial charge in [0.1, 0.15) is 0 Å². The van der Waals surface area contributed by atoms with E-state index in [9.17, 15) is 0 Å². The molecule has 0 amide bonds. The van der Waals surface area contributed by atoms with Crippen LogP contribution in [0.4, 0.5) is 0 Å². The Bertz CT molecular complexity index is 400. The summed E-state index contributed by atoms with van der Waals surface area (Å²) in [6.45, 7) is 13.8. The van der Waals surface area contributed by atoms with Gasteiger partial charge in [-0.3, -0.25) is 4.90 Å². The number of benzene rings is 1. The molecule has 0 spiro atoms. The molecule has 1 aromatic rings. The van der Waals surface area contributed by atoms with Crippen LogP contribution >= 0.6 is 0 Å². The Hall–Kier alpha value is -0.820. The molecule has 0 N–H and O–H groups in total. The Kier molecular flexibility index (Phi) is 3.31. The number of rotatable bonds is 1. The molecule has 94 valence electrons. The predicted octanol–water partition coefficient (Wildman–Crippen LogP) is 3.92. The van der Waals surface area contributed by atoms with Crippen molar-refractivity contribution in [3.8, 4) is 0 Å². The second-order valence-electron chi connectivity index (χ2n) is 6.22. The van der Waals surface area contributed by atoms with Gasteiger partial charge in [-0.05, 0) is 42.0 Å². The largest absolute Gasteiger partial charge is 0.297 e. The van der Waals surface area contributed by atoms with Gasteiger partial charge in [0, 0.05) is 12.6 Å². The van der Waals surface area contributed by atoms with Crippen LogP contribution in [0.3, 0.4) is 0 Å². The lowest BCUT2D eigenvalue weighted by molar-refractivity contribution is 0.209. The van der Waals surface area contributed by atoms with Gasteiger partial charge >= 0.3 is 0 Å². The molecular formula is C16H25N. The predicted molar refractivity (Wildman–Crippen MR) is 74.5 cm³/mol. The van der Waals surface area contributed by atoms with E-state index in [1.807, 2.05) is 0 Å². The van der Waals surface area contributed by atoms with E-state index in [1.54, 1.807) is 11.1 Å². The zero-order chi connectivity index (χ0) is 12.6. The number of fused-ring (bicyclic) bond motifs is 1. The Morgan fingerprint density at radius 2 is 2.00 bits per heavy atom. The lowest BCUT2D eigenvalue weighted by atomic mass is 9.82. The average molecular weight is 231 g/mol. The number of likely N-dealkylation sites (N-methyl/N-ethyl adjacent to an activating group) is 1. The molecule has 1 heterocycles. The molecule has 0 aliphatic carbocycles. The molecule has 0 saturated carbocycles. The highest BCUT2D eigenvalue weighted by atomic mass is 15.1. The van der Waals surface area contributed by atoms with E-state index in [1.165, 1.54) is 18.5 Å². The third-order valence-corrected chi connectivity index (χ3v) is 4.08. The van der Waals surface area contributed by atoms with Crippen molar-refractivity contribution in [2.75, 3.05) is 13.1 Å². The minimum Gasteiger partial charge on any atom is -0.297 e. The maximum absolute atomic E-state index is 2.56. The van der Waals surface area contributed by atoms with Crippen molar-refractivity contribution in [2.45, 2.75) is 52.5 Å². The van der Waals surface area contributed by atoms with Gasteiger partial charge in [-0.15, -0.1) is 0 Å². The first kappa shape index (κ1) is 12.6. The molecule has 1 heteroatoms. The summed E-state index contributed by atoms with van der Waals surface area (Å²) in [4.78, 5) is 2.56. The molecule has 0 bridgehead atoms. The Morgan fingerprint density at radius 1 is 1.29 bits per heavy atom. The first-order valence-electron chi connectivity index (χ1n) is 6.81. The molecule has 0 fully saturated rings. The summed E-state index contributed by atoms with van der Waals surface area (Å²) < 4.78 is 0. The van der Waals surface area contributed by atoms with Crippen molar-refractivity contribution < 1.29 is 0 Å². The number of hydrogen-bond acceptors (Lipinski definition) is 1. The number of nitrogens with zero attached hydrogens (tertiary/aromatic N) is 1. The standard InChI is InChI=1S/C16H25N/c1-6-17-10-9-13-7-8-14(16(3,4)5)11-15(13)12(17)2/h7-8,11-12H,6,9-10H2,1-5H3. The zero-order valence-corrected chi connectivity index (χ0v) is 11.9. The van der Waals surface area contributed by atoms with E-state index in [0.29, 0.717) is 6.04 Å². The van der Waals surface area contributed by atoms with Crippen molar-refractivity contribution in [2.24, 2.45) is 0 Å². The van der Waals surface area contributed by atoms with Crippen LogP contribution in [0.25, 0.3) is 0 Å². The average Bonchev–Trinajstić information content (AvgIpc) is 2.28. The maximum atomic E-state index is 2.56. The van der Waals surface area contributed by atoms with E-state index in [0.717, 1.165) is 6.54 Å². The highest BCUT2D eigenvalue weighted by molar-refractivity contribution is 5.38. The van der Waals surface area contributed by atoms with Crippen LogP contribution in [-0.2, 0) is 11.8 Å². The fraction of sp³-hybridized carbons (Fsp3) is 0.625. The molecule has 1 nitrogen and oxygen atoms in total. The van der Waals surface area contributed by atoms with E-state index in [-0.39, 0.29) is 5.41 Å². The van der Waals surface area contributed by atoms with E-state index in [2.05, 4.69) is 57.7 Å². The molecule has 17 heavy (non-hydrogen) atoms. The Balaban J connectivity index is 2.40. The summed E-state index contributed by atoms with van der Waals surface area (Å²) in [5, 5.41) is 0. The summed E-state index contributed by atoms with van der Waals surface area (Å²) in [5.41, 5.74) is 4.81. The Morgan fingerprint density at radius 3 is 2.59 bits per heavy atom. The third-order valence-electron chi connectivity index (χ3n) is 4.08. The topological polar surface area (TPSA) is 3.24 Å². The quantitative estimate of drug-likeness (QED) is 0.708. The van der Waals surface area contributed by atoms with Gasteiger partial charge in [0.25, 0.3) is 0 Å². The summed E-state index contributed by atoms with van der Waals surface area (Å²) in [6, 6.07) is 7.67. The fourth-order valence-electron chi connectivity index (χ4n) is 2.76. The van der Waals surface area contributed by atoms with Crippen LogP contribution in [0, 0.1) is 0 Å². The molecular weight excluding hydrogens is 206 g/mol. The van der Waals surface area contributed by atoms with Gasteiger partial charge in [-0.25, -0.2) is 0 Å². The van der Waals surface area contributed by atoms with Crippen molar-refractivity contribution in [1.29, 1.82) is 0 Å². The minimum atomic E-state index is 0.253. The third kappa shape index (κ3) is 2.40. The summed E-state index contributed by atoms with van der Waals surface area (Å²) in [7, 11) is 0. The van der Waals surface area contributed by atoms with Crippen LogP contribution in [0.1, 0.15) is 57.4 Å². The van der Waals surface area contributed by atoms with Crippen LogP contribution in [-0.4, -0.2) is 18.0 Å². The Labute approximate surface area is 106 Å². The van der Waals surface area contributed by atoms with Gasteiger partial charge in [-0.1, -0.05) is 45.9 Å². The molecule has 0 saturated heterocycles. The maximum Gasteiger partial charge on any atom is 0.0322 e. The van der Waals surface area contributed by atoms with Crippen molar-refractivity contribution >= 4 is 0 Å². The normalized spacial score (nSPS) is 21.4.